The summed E-state index contributed by atoms with van der Waals surface area (Å²) in [6.45, 7) is 6.24. The Kier molecular flexibility index (Phi) is 6.66. The molecule has 7 heteroatoms. The highest BCUT2D eigenvalue weighted by molar-refractivity contribution is 5.72. The van der Waals surface area contributed by atoms with Gasteiger partial charge in [0.05, 0.1) is 5.92 Å². The molecular weight excluding hydrogens is 438 g/mol. The topological polar surface area (TPSA) is 80.2 Å². The van der Waals surface area contributed by atoms with Crippen LogP contribution in [0.5, 0.6) is 0 Å². The van der Waals surface area contributed by atoms with Gasteiger partial charge in [-0.1, -0.05) is 44.2 Å². The number of hydrogen-bond acceptors (Lipinski definition) is 7. The zero-order valence-electron chi connectivity index (χ0n) is 20.5. The molecule has 1 N–H and O–H groups in total. The van der Waals surface area contributed by atoms with E-state index in [-0.39, 0.29) is 17.5 Å². The number of nitrogens with zero attached hydrogens (tertiary/aromatic N) is 4. The Bertz CT molecular complexity index is 1150. The van der Waals surface area contributed by atoms with Crippen molar-refractivity contribution in [3.63, 3.8) is 0 Å². The van der Waals surface area contributed by atoms with Crippen molar-refractivity contribution < 1.29 is 9.53 Å². The van der Waals surface area contributed by atoms with Crippen LogP contribution in [0.15, 0.2) is 54.7 Å². The van der Waals surface area contributed by atoms with Gasteiger partial charge in [0, 0.05) is 38.3 Å². The highest BCUT2D eigenvalue weighted by Gasteiger charge is 2.46. The zero-order valence-corrected chi connectivity index (χ0v) is 20.5. The van der Waals surface area contributed by atoms with Crippen LogP contribution in [0.25, 0.3) is 11.5 Å². The number of fused-ring (bicyclic) bond motifs is 1. The van der Waals surface area contributed by atoms with Crippen LogP contribution < -0.4 is 10.2 Å². The third kappa shape index (κ3) is 5.61. The van der Waals surface area contributed by atoms with Crippen LogP contribution in [-0.4, -0.2) is 46.2 Å². The fraction of sp³-hybridized carbons (Fsp3) is 0.429. The summed E-state index contributed by atoms with van der Waals surface area (Å²) < 4.78 is 5.77. The molecule has 0 spiro atoms. The van der Waals surface area contributed by atoms with Crippen LogP contribution in [0, 0.1) is 5.92 Å². The van der Waals surface area contributed by atoms with E-state index in [2.05, 4.69) is 39.5 Å². The van der Waals surface area contributed by atoms with Crippen molar-refractivity contribution in [2.75, 3.05) is 29.9 Å². The predicted molar refractivity (Wildman–Crippen MR) is 137 cm³/mol. The van der Waals surface area contributed by atoms with Crippen LogP contribution in [0.2, 0.25) is 0 Å². The van der Waals surface area contributed by atoms with Crippen molar-refractivity contribution in [2.45, 2.75) is 51.6 Å². The average Bonchev–Trinajstić information content (AvgIpc) is 3.67. The van der Waals surface area contributed by atoms with Gasteiger partial charge in [-0.05, 0) is 48.9 Å². The molecule has 1 saturated carbocycles. The van der Waals surface area contributed by atoms with Crippen LogP contribution in [0.4, 0.5) is 11.6 Å². The molecule has 1 fully saturated rings. The summed E-state index contributed by atoms with van der Waals surface area (Å²) in [5, 5.41) is 3.47. The summed E-state index contributed by atoms with van der Waals surface area (Å²) in [4.78, 5) is 28.6. The Morgan fingerprint density at radius 3 is 2.40 bits per heavy atom. The Balaban J connectivity index is 1.33. The highest BCUT2D eigenvalue weighted by atomic mass is 16.6. The molecule has 3 aromatic rings. The normalized spacial score (nSPS) is 16.4. The van der Waals surface area contributed by atoms with Gasteiger partial charge in [-0.25, -0.2) is 9.97 Å². The molecule has 5 rings (SSSR count). The maximum absolute atomic E-state index is 12.1. The zero-order chi connectivity index (χ0) is 24.3. The number of pyridine rings is 1. The molecule has 1 aromatic carbocycles. The monoisotopic (exact) mass is 471 g/mol. The predicted octanol–water partition coefficient (Wildman–Crippen LogP) is 4.68. The van der Waals surface area contributed by atoms with E-state index in [0.29, 0.717) is 12.4 Å². The molecule has 3 heterocycles. The van der Waals surface area contributed by atoms with Crippen molar-refractivity contribution in [2.24, 2.45) is 5.92 Å². The van der Waals surface area contributed by atoms with Gasteiger partial charge >= 0.3 is 5.97 Å². The number of carbonyl (C=O) groups is 1. The Labute approximate surface area is 207 Å². The van der Waals surface area contributed by atoms with Crippen molar-refractivity contribution in [3.8, 4) is 11.5 Å². The van der Waals surface area contributed by atoms with Crippen LogP contribution in [0.3, 0.4) is 0 Å². The van der Waals surface area contributed by atoms with Gasteiger partial charge in [-0.3, -0.25) is 9.78 Å². The molecule has 2 aromatic heterocycles. The van der Waals surface area contributed by atoms with Gasteiger partial charge in [0.1, 0.15) is 22.9 Å². The number of ether oxygens (including phenoxy) is 1. The van der Waals surface area contributed by atoms with Crippen LogP contribution in [-0.2, 0) is 22.4 Å². The number of esters is 1. The molecule has 0 saturated heterocycles. The quantitative estimate of drug-likeness (QED) is 0.478. The lowest BCUT2D eigenvalue weighted by Crippen LogP contribution is -2.28. The first kappa shape index (κ1) is 23.3. The Morgan fingerprint density at radius 1 is 1.06 bits per heavy atom. The molecule has 7 nitrogen and oxygen atoms in total. The van der Waals surface area contributed by atoms with Gasteiger partial charge in [-0.2, -0.15) is 0 Å². The van der Waals surface area contributed by atoms with E-state index in [1.54, 1.807) is 6.20 Å². The van der Waals surface area contributed by atoms with Gasteiger partial charge < -0.3 is 15.0 Å². The number of benzene rings is 1. The fourth-order valence-electron chi connectivity index (χ4n) is 4.49. The molecule has 0 atom stereocenters. The molecule has 2 aliphatic rings. The third-order valence-corrected chi connectivity index (χ3v) is 6.83. The van der Waals surface area contributed by atoms with Gasteiger partial charge in [0.25, 0.3) is 0 Å². The second-order valence-corrected chi connectivity index (χ2v) is 9.84. The molecule has 0 radical (unpaired) electrons. The summed E-state index contributed by atoms with van der Waals surface area (Å²) in [5.41, 5.74) is 3.26. The number of aromatic nitrogens is 3. The number of carbonyl (C=O) groups excluding carboxylic acids is 1. The Hall–Kier alpha value is -3.48. The van der Waals surface area contributed by atoms with Gasteiger partial charge in [0.2, 0.25) is 0 Å². The molecule has 1 aliphatic carbocycles. The lowest BCUT2D eigenvalue weighted by atomic mass is 10.0. The summed E-state index contributed by atoms with van der Waals surface area (Å²) in [6.07, 6.45) is 6.37. The number of anilines is 2. The fourth-order valence-corrected chi connectivity index (χ4v) is 4.49. The molecular formula is C28H33N5O2. The lowest BCUT2D eigenvalue weighted by molar-refractivity contribution is -0.155. The summed E-state index contributed by atoms with van der Waals surface area (Å²) in [6, 6.07) is 16.5. The summed E-state index contributed by atoms with van der Waals surface area (Å²) >= 11 is 0. The van der Waals surface area contributed by atoms with Crippen molar-refractivity contribution in [3.05, 3.63) is 65.9 Å². The number of hydrogen-bond donors (Lipinski definition) is 1. The molecule has 1 aliphatic heterocycles. The molecule has 35 heavy (non-hydrogen) atoms. The first-order chi connectivity index (χ1) is 17.0. The average molecular weight is 472 g/mol. The van der Waals surface area contributed by atoms with E-state index >= 15 is 0 Å². The lowest BCUT2D eigenvalue weighted by Gasteiger charge is -2.23. The van der Waals surface area contributed by atoms with Crippen molar-refractivity contribution in [1.82, 2.24) is 15.0 Å². The van der Waals surface area contributed by atoms with E-state index in [4.69, 9.17) is 14.7 Å². The smallest absolute Gasteiger partial charge is 0.308 e. The second-order valence-electron chi connectivity index (χ2n) is 9.84. The first-order valence-corrected chi connectivity index (χ1v) is 12.6. The maximum atomic E-state index is 12.1. The molecule has 0 bridgehead atoms. The van der Waals surface area contributed by atoms with Gasteiger partial charge in [-0.15, -0.1) is 0 Å². The number of rotatable bonds is 8. The summed E-state index contributed by atoms with van der Waals surface area (Å²) in [5.74, 6) is 2.06. The minimum atomic E-state index is -0.315. The molecule has 0 amide bonds. The van der Waals surface area contributed by atoms with E-state index < -0.39 is 0 Å². The van der Waals surface area contributed by atoms with E-state index in [0.717, 1.165) is 62.5 Å². The summed E-state index contributed by atoms with van der Waals surface area (Å²) in [7, 11) is 0. The minimum Gasteiger partial charge on any atom is -0.459 e. The minimum absolute atomic E-state index is 0.106. The standard InChI is InChI=1S/C28H33N5O2/c1-20(2)27(34)35-28(12-13-28)14-16-30-24-19-25(32-26(31-24)23-9-5-6-15-29-23)33-17-10-21-7-3-4-8-22(21)11-18-33/h3-9,15,19-20H,10-14,16-18H2,1-2H3,(H,30,31,32). The highest BCUT2D eigenvalue weighted by Crippen LogP contribution is 2.43. The van der Waals surface area contributed by atoms with Crippen molar-refractivity contribution in [1.29, 1.82) is 0 Å². The Morgan fingerprint density at radius 2 is 1.77 bits per heavy atom. The third-order valence-electron chi connectivity index (χ3n) is 6.83. The van der Waals surface area contributed by atoms with Gasteiger partial charge in [0.15, 0.2) is 5.82 Å². The van der Waals surface area contributed by atoms with Crippen LogP contribution >= 0.6 is 0 Å². The second kappa shape index (κ2) is 10.0. The van der Waals surface area contributed by atoms with E-state index in [9.17, 15) is 4.79 Å². The van der Waals surface area contributed by atoms with E-state index in [1.807, 2.05) is 38.1 Å². The molecule has 182 valence electrons. The van der Waals surface area contributed by atoms with Crippen molar-refractivity contribution >= 4 is 17.6 Å². The first-order valence-electron chi connectivity index (χ1n) is 12.6. The number of nitrogens with one attached hydrogen (secondary N) is 1. The largest absolute Gasteiger partial charge is 0.459 e. The maximum Gasteiger partial charge on any atom is 0.308 e. The van der Waals surface area contributed by atoms with E-state index in [1.165, 1.54) is 11.1 Å². The van der Waals surface area contributed by atoms with Crippen LogP contribution in [0.1, 0.15) is 44.2 Å². The molecule has 0 unspecified atom stereocenters. The SMILES string of the molecule is CC(C)C(=O)OC1(CCNc2cc(N3CCc4ccccc4CC3)nc(-c3ccccn3)n2)CC1.